The summed E-state index contributed by atoms with van der Waals surface area (Å²) in [5.74, 6) is 1.61. The molecule has 0 bridgehead atoms. The number of nitrogens with one attached hydrogen (secondary N) is 1. The molecule has 1 aromatic heterocycles. The summed E-state index contributed by atoms with van der Waals surface area (Å²) in [6, 6.07) is 4.20. The number of halogens is 1. The molecule has 1 fully saturated rings. The van der Waals surface area contributed by atoms with Crippen LogP contribution in [0.1, 0.15) is 36.0 Å². The topological polar surface area (TPSA) is 80.1 Å². The summed E-state index contributed by atoms with van der Waals surface area (Å²) in [4.78, 5) is 0.0573. The van der Waals surface area contributed by atoms with E-state index in [0.717, 1.165) is 31.3 Å². The van der Waals surface area contributed by atoms with Crippen LogP contribution in [0.15, 0.2) is 23.1 Å². The lowest BCUT2D eigenvalue weighted by Gasteiger charge is -2.31. The maximum absolute atomic E-state index is 13.8. The molecular formula is C17H22FN5O2S. The van der Waals surface area contributed by atoms with Crippen molar-refractivity contribution < 1.29 is 12.8 Å². The molecule has 26 heavy (non-hydrogen) atoms. The number of hydrogen-bond acceptors (Lipinski definition) is 5. The van der Waals surface area contributed by atoms with Crippen LogP contribution in [0.5, 0.6) is 0 Å². The van der Waals surface area contributed by atoms with Gasteiger partial charge >= 0.3 is 0 Å². The SMILES string of the molecule is Cc1c(F)cccc1S(=O)(=O)N1CCC(c2nnc3n2CCNC3)CC1. The second kappa shape index (κ2) is 6.71. The van der Waals surface area contributed by atoms with E-state index >= 15 is 0 Å². The summed E-state index contributed by atoms with van der Waals surface area (Å²) >= 11 is 0. The maximum Gasteiger partial charge on any atom is 0.243 e. The van der Waals surface area contributed by atoms with Gasteiger partial charge in [0.15, 0.2) is 0 Å². The van der Waals surface area contributed by atoms with Crippen molar-refractivity contribution in [2.24, 2.45) is 0 Å². The maximum atomic E-state index is 13.8. The average Bonchev–Trinajstić information content (AvgIpc) is 3.08. The molecule has 2 aromatic rings. The van der Waals surface area contributed by atoms with Crippen LogP contribution in [0.25, 0.3) is 0 Å². The molecule has 0 saturated carbocycles. The third kappa shape index (κ3) is 2.93. The van der Waals surface area contributed by atoms with E-state index in [9.17, 15) is 12.8 Å². The molecular weight excluding hydrogens is 357 g/mol. The molecule has 140 valence electrons. The first-order valence-electron chi connectivity index (χ1n) is 8.86. The summed E-state index contributed by atoms with van der Waals surface area (Å²) in [6.07, 6.45) is 1.39. The van der Waals surface area contributed by atoms with Gasteiger partial charge in [0, 0.05) is 37.7 Å². The molecule has 0 unspecified atom stereocenters. The molecule has 0 spiro atoms. The Balaban J connectivity index is 1.51. The molecule has 4 rings (SSSR count). The lowest BCUT2D eigenvalue weighted by molar-refractivity contribution is 0.307. The summed E-state index contributed by atoms with van der Waals surface area (Å²) in [7, 11) is -3.68. The van der Waals surface area contributed by atoms with Crippen LogP contribution >= 0.6 is 0 Å². The minimum atomic E-state index is -3.68. The second-order valence-corrected chi connectivity index (χ2v) is 8.75. The molecule has 1 aromatic carbocycles. The molecule has 0 aliphatic carbocycles. The van der Waals surface area contributed by atoms with Crippen molar-refractivity contribution in [2.45, 2.75) is 43.7 Å². The molecule has 0 radical (unpaired) electrons. The summed E-state index contributed by atoms with van der Waals surface area (Å²) in [5.41, 5.74) is 0.175. The first kappa shape index (κ1) is 17.6. The van der Waals surface area contributed by atoms with Gasteiger partial charge in [-0.05, 0) is 31.9 Å². The Labute approximate surface area is 152 Å². The van der Waals surface area contributed by atoms with Crippen LogP contribution in [0, 0.1) is 12.7 Å². The lowest BCUT2D eigenvalue weighted by atomic mass is 9.97. The Bertz CT molecular complexity index is 919. The predicted molar refractivity (Wildman–Crippen MR) is 93.6 cm³/mol. The van der Waals surface area contributed by atoms with Crippen molar-refractivity contribution >= 4 is 10.0 Å². The Kier molecular flexibility index (Phi) is 4.54. The second-order valence-electron chi connectivity index (χ2n) is 6.84. The Morgan fingerprint density at radius 2 is 1.96 bits per heavy atom. The van der Waals surface area contributed by atoms with Crippen LogP contribution in [0.2, 0.25) is 0 Å². The first-order chi connectivity index (χ1) is 12.5. The first-order valence-corrected chi connectivity index (χ1v) is 10.3. The fraction of sp³-hybridized carbons (Fsp3) is 0.529. The number of rotatable bonds is 3. The Hall–Kier alpha value is -1.84. The van der Waals surface area contributed by atoms with Crippen LogP contribution in [0.4, 0.5) is 4.39 Å². The highest BCUT2D eigenvalue weighted by atomic mass is 32.2. The summed E-state index contributed by atoms with van der Waals surface area (Å²) < 4.78 is 43.2. The largest absolute Gasteiger partial charge is 0.312 e. The van der Waals surface area contributed by atoms with Crippen LogP contribution in [0.3, 0.4) is 0 Å². The number of fused-ring (bicyclic) bond motifs is 1. The van der Waals surface area contributed by atoms with Gasteiger partial charge in [0.2, 0.25) is 10.0 Å². The molecule has 2 aliphatic rings. The average molecular weight is 379 g/mol. The van der Waals surface area contributed by atoms with E-state index in [4.69, 9.17) is 0 Å². The molecule has 2 aliphatic heterocycles. The van der Waals surface area contributed by atoms with Gasteiger partial charge in [-0.3, -0.25) is 0 Å². The van der Waals surface area contributed by atoms with Gasteiger partial charge < -0.3 is 9.88 Å². The highest BCUT2D eigenvalue weighted by Crippen LogP contribution is 2.31. The lowest BCUT2D eigenvalue weighted by Crippen LogP contribution is -2.39. The number of sulfonamides is 1. The van der Waals surface area contributed by atoms with Crippen LogP contribution in [-0.4, -0.2) is 47.1 Å². The summed E-state index contributed by atoms with van der Waals surface area (Å²) in [5, 5.41) is 11.9. The molecule has 0 atom stereocenters. The zero-order valence-electron chi connectivity index (χ0n) is 14.7. The highest BCUT2D eigenvalue weighted by Gasteiger charge is 2.33. The fourth-order valence-electron chi connectivity index (χ4n) is 3.78. The normalized spacial score (nSPS) is 19.5. The monoisotopic (exact) mass is 379 g/mol. The summed E-state index contributed by atoms with van der Waals surface area (Å²) in [6.45, 7) is 4.78. The van der Waals surface area contributed by atoms with Gasteiger partial charge in [-0.2, -0.15) is 4.31 Å². The molecule has 7 nitrogen and oxygen atoms in total. The molecule has 1 saturated heterocycles. The van der Waals surface area contributed by atoms with E-state index in [1.807, 2.05) is 0 Å². The Morgan fingerprint density at radius 1 is 1.19 bits per heavy atom. The van der Waals surface area contributed by atoms with Crippen LogP contribution < -0.4 is 5.32 Å². The van der Waals surface area contributed by atoms with Gasteiger partial charge in [-0.25, -0.2) is 12.8 Å². The van der Waals surface area contributed by atoms with E-state index in [-0.39, 0.29) is 16.4 Å². The molecule has 9 heteroatoms. The van der Waals surface area contributed by atoms with Crippen molar-refractivity contribution in [1.82, 2.24) is 24.4 Å². The van der Waals surface area contributed by atoms with Crippen molar-refractivity contribution in [2.75, 3.05) is 19.6 Å². The quantitative estimate of drug-likeness (QED) is 0.872. The molecule has 3 heterocycles. The van der Waals surface area contributed by atoms with E-state index < -0.39 is 15.8 Å². The molecule has 0 amide bonds. The number of benzene rings is 1. The Morgan fingerprint density at radius 3 is 2.73 bits per heavy atom. The number of aromatic nitrogens is 3. The van der Waals surface area contributed by atoms with Crippen molar-refractivity contribution in [3.63, 3.8) is 0 Å². The fourth-order valence-corrected chi connectivity index (χ4v) is 5.48. The van der Waals surface area contributed by atoms with Gasteiger partial charge in [0.1, 0.15) is 17.5 Å². The third-order valence-electron chi connectivity index (χ3n) is 5.31. The zero-order valence-corrected chi connectivity index (χ0v) is 15.5. The third-order valence-corrected chi connectivity index (χ3v) is 7.35. The van der Waals surface area contributed by atoms with Crippen molar-refractivity contribution in [3.05, 3.63) is 41.2 Å². The highest BCUT2D eigenvalue weighted by molar-refractivity contribution is 7.89. The zero-order chi connectivity index (χ0) is 18.3. The minimum Gasteiger partial charge on any atom is -0.312 e. The number of hydrogen-bond donors (Lipinski definition) is 1. The standard InChI is InChI=1S/C17H22FN5O2S/c1-12-14(18)3-2-4-15(12)26(24,25)22-8-5-13(6-9-22)17-21-20-16-11-19-7-10-23(16)17/h2-4,13,19H,5-11H2,1H3. The van der Waals surface area contributed by atoms with E-state index in [1.165, 1.54) is 29.4 Å². The minimum absolute atomic E-state index is 0.0573. The number of nitrogens with zero attached hydrogens (tertiary/aromatic N) is 4. The smallest absolute Gasteiger partial charge is 0.243 e. The van der Waals surface area contributed by atoms with E-state index in [2.05, 4.69) is 20.1 Å². The van der Waals surface area contributed by atoms with Gasteiger partial charge in [0.05, 0.1) is 11.4 Å². The van der Waals surface area contributed by atoms with Crippen molar-refractivity contribution in [3.8, 4) is 0 Å². The van der Waals surface area contributed by atoms with Crippen LogP contribution in [-0.2, 0) is 23.1 Å². The number of piperidine rings is 1. The van der Waals surface area contributed by atoms with Gasteiger partial charge in [-0.15, -0.1) is 10.2 Å². The predicted octanol–water partition coefficient (Wildman–Crippen LogP) is 1.40. The molecule has 1 N–H and O–H groups in total. The van der Waals surface area contributed by atoms with Crippen molar-refractivity contribution in [1.29, 1.82) is 0 Å². The van der Waals surface area contributed by atoms with E-state index in [0.29, 0.717) is 25.9 Å². The van der Waals surface area contributed by atoms with E-state index in [1.54, 1.807) is 0 Å². The van der Waals surface area contributed by atoms with Gasteiger partial charge in [-0.1, -0.05) is 6.07 Å². The van der Waals surface area contributed by atoms with Gasteiger partial charge in [0.25, 0.3) is 0 Å².